The van der Waals surface area contributed by atoms with Crippen molar-refractivity contribution in [2.24, 2.45) is 0 Å². The van der Waals surface area contributed by atoms with Gasteiger partial charge in [-0.05, 0) is 34.4 Å². The Hall–Kier alpha value is -3.47. The first-order valence-electron chi connectivity index (χ1n) is 8.83. The minimum absolute atomic E-state index is 0.0563. The molecular weight excluding hydrogens is 340 g/mol. The molecule has 3 N–H and O–H groups in total. The van der Waals surface area contributed by atoms with Crippen LogP contribution in [0.4, 0.5) is 0 Å². The third-order valence-corrected chi connectivity index (χ3v) is 4.89. The van der Waals surface area contributed by atoms with Gasteiger partial charge >= 0.3 is 0 Å². The van der Waals surface area contributed by atoms with Crippen molar-refractivity contribution in [3.8, 4) is 33.9 Å². The Bertz CT molecular complexity index is 1180. The van der Waals surface area contributed by atoms with Gasteiger partial charge in [0.2, 0.25) is 0 Å². The number of H-pyrrole nitrogens is 2. The Balaban J connectivity index is 2.00. The Morgan fingerprint density at radius 2 is 1.78 bits per heavy atom. The summed E-state index contributed by atoms with van der Waals surface area (Å²) in [5.41, 5.74) is 3.18. The number of phenolic OH excluding ortho intramolecular Hbond substituents is 1. The van der Waals surface area contributed by atoms with Crippen molar-refractivity contribution in [2.75, 3.05) is 7.11 Å². The summed E-state index contributed by atoms with van der Waals surface area (Å²) in [5.74, 6) is 0.684. The van der Waals surface area contributed by atoms with Crippen molar-refractivity contribution >= 4 is 10.8 Å². The molecule has 0 fully saturated rings. The number of aromatic amines is 2. The van der Waals surface area contributed by atoms with E-state index in [1.807, 2.05) is 55.5 Å². The highest BCUT2D eigenvalue weighted by Crippen LogP contribution is 2.39. The lowest BCUT2D eigenvalue weighted by Gasteiger charge is -2.12. The maximum atomic E-state index is 12.7. The summed E-state index contributed by atoms with van der Waals surface area (Å²) in [4.78, 5) is 12.7. The van der Waals surface area contributed by atoms with E-state index in [-0.39, 0.29) is 11.3 Å². The number of aryl methyl sites for hydroxylation is 1. The van der Waals surface area contributed by atoms with Crippen LogP contribution in [0.2, 0.25) is 0 Å². The van der Waals surface area contributed by atoms with E-state index in [0.29, 0.717) is 22.6 Å². The van der Waals surface area contributed by atoms with Crippen LogP contribution < -0.4 is 10.3 Å². The van der Waals surface area contributed by atoms with Gasteiger partial charge in [-0.1, -0.05) is 49.4 Å². The summed E-state index contributed by atoms with van der Waals surface area (Å²) >= 11 is 0. The van der Waals surface area contributed by atoms with Crippen LogP contribution in [0.5, 0.6) is 11.5 Å². The van der Waals surface area contributed by atoms with Crippen LogP contribution in [0.25, 0.3) is 33.2 Å². The molecular formula is C22H20N2O3. The second-order valence-corrected chi connectivity index (χ2v) is 6.39. The monoisotopic (exact) mass is 360 g/mol. The molecule has 27 heavy (non-hydrogen) atoms. The molecule has 0 saturated heterocycles. The zero-order valence-corrected chi connectivity index (χ0v) is 15.2. The van der Waals surface area contributed by atoms with Crippen LogP contribution in [0.1, 0.15) is 12.5 Å². The molecule has 0 aliphatic carbocycles. The topological polar surface area (TPSA) is 78.1 Å². The molecule has 5 heteroatoms. The smallest absolute Gasteiger partial charge is 0.272 e. The second kappa shape index (κ2) is 6.68. The van der Waals surface area contributed by atoms with E-state index in [1.54, 1.807) is 13.2 Å². The lowest BCUT2D eigenvalue weighted by atomic mass is 9.95. The van der Waals surface area contributed by atoms with Gasteiger partial charge in [0.05, 0.1) is 18.4 Å². The summed E-state index contributed by atoms with van der Waals surface area (Å²) in [5, 5.41) is 18.2. The highest BCUT2D eigenvalue weighted by Gasteiger charge is 2.20. The minimum atomic E-state index is -0.227. The number of rotatable bonds is 4. The summed E-state index contributed by atoms with van der Waals surface area (Å²) < 4.78 is 5.35. The fraction of sp³-hybridized carbons (Fsp3) is 0.136. The van der Waals surface area contributed by atoms with E-state index in [9.17, 15) is 9.90 Å². The molecule has 0 aliphatic heterocycles. The molecule has 1 aromatic heterocycles. The second-order valence-electron chi connectivity index (χ2n) is 6.39. The zero-order chi connectivity index (χ0) is 19.0. The lowest BCUT2D eigenvalue weighted by Crippen LogP contribution is -2.02. The van der Waals surface area contributed by atoms with Crippen LogP contribution >= 0.6 is 0 Å². The van der Waals surface area contributed by atoms with Crippen LogP contribution in [0, 0.1) is 0 Å². The number of benzene rings is 3. The van der Waals surface area contributed by atoms with Crippen LogP contribution in [-0.2, 0) is 6.42 Å². The molecule has 5 nitrogen and oxygen atoms in total. The third-order valence-electron chi connectivity index (χ3n) is 4.89. The summed E-state index contributed by atoms with van der Waals surface area (Å²) in [7, 11) is 1.58. The first kappa shape index (κ1) is 17.0. The standard InChI is InChI=1S/C22H20N2O3/c1-3-13-11-17(18(25)12-19(13)27-2)21-20(22(26)24-23-21)16-10-6-8-14-7-4-5-9-15(14)16/h4-12,25H,3H2,1-2H3,(H2,23,24,26). The molecule has 0 bridgehead atoms. The summed E-state index contributed by atoms with van der Waals surface area (Å²) in [6.45, 7) is 2.02. The molecule has 4 aromatic rings. The van der Waals surface area contributed by atoms with E-state index >= 15 is 0 Å². The fourth-order valence-electron chi connectivity index (χ4n) is 3.54. The van der Waals surface area contributed by atoms with Gasteiger partial charge in [0, 0.05) is 11.6 Å². The normalized spacial score (nSPS) is 11.0. The molecule has 0 saturated carbocycles. The van der Waals surface area contributed by atoms with Crippen molar-refractivity contribution in [1.29, 1.82) is 0 Å². The average molecular weight is 360 g/mol. The SMILES string of the molecule is CCc1cc(-c2[nH][nH]c(=O)c2-c2cccc3ccccc23)c(O)cc1OC. The van der Waals surface area contributed by atoms with E-state index < -0.39 is 0 Å². The molecule has 0 unspecified atom stereocenters. The number of phenols is 1. The lowest BCUT2D eigenvalue weighted by molar-refractivity contribution is 0.403. The first-order valence-corrected chi connectivity index (χ1v) is 8.83. The summed E-state index contributed by atoms with van der Waals surface area (Å²) in [6.07, 6.45) is 0.745. The maximum absolute atomic E-state index is 12.7. The molecule has 4 rings (SSSR count). The molecule has 3 aromatic carbocycles. The van der Waals surface area contributed by atoms with Crippen molar-refractivity contribution in [1.82, 2.24) is 10.2 Å². The maximum Gasteiger partial charge on any atom is 0.272 e. The predicted molar refractivity (Wildman–Crippen MR) is 107 cm³/mol. The van der Waals surface area contributed by atoms with Crippen molar-refractivity contribution < 1.29 is 9.84 Å². The van der Waals surface area contributed by atoms with E-state index in [0.717, 1.165) is 28.3 Å². The number of ether oxygens (including phenoxy) is 1. The number of aromatic nitrogens is 2. The zero-order valence-electron chi connectivity index (χ0n) is 15.2. The van der Waals surface area contributed by atoms with Crippen molar-refractivity contribution in [2.45, 2.75) is 13.3 Å². The third kappa shape index (κ3) is 2.77. The average Bonchev–Trinajstić information content (AvgIpc) is 3.08. The Kier molecular flexibility index (Phi) is 4.20. The predicted octanol–water partition coefficient (Wildman–Crippen LogP) is 4.47. The Morgan fingerprint density at radius 3 is 2.56 bits per heavy atom. The molecule has 136 valence electrons. The number of nitrogens with one attached hydrogen (secondary N) is 2. The highest BCUT2D eigenvalue weighted by molar-refractivity contribution is 6.00. The van der Waals surface area contributed by atoms with Gasteiger partial charge in [0.15, 0.2) is 0 Å². The van der Waals surface area contributed by atoms with Gasteiger partial charge in [-0.15, -0.1) is 0 Å². The van der Waals surface area contributed by atoms with Crippen LogP contribution in [0.15, 0.2) is 59.4 Å². The quantitative estimate of drug-likeness (QED) is 0.502. The summed E-state index contributed by atoms with van der Waals surface area (Å²) in [6, 6.07) is 17.2. The molecule has 0 atom stereocenters. The Labute approximate surface area is 156 Å². The van der Waals surface area contributed by atoms with Gasteiger partial charge in [0.1, 0.15) is 11.5 Å². The van der Waals surface area contributed by atoms with E-state index in [1.165, 1.54) is 0 Å². The van der Waals surface area contributed by atoms with Crippen LogP contribution in [-0.4, -0.2) is 22.4 Å². The molecule has 0 aliphatic rings. The van der Waals surface area contributed by atoms with Gasteiger partial charge in [-0.25, -0.2) is 0 Å². The number of hydrogen-bond acceptors (Lipinski definition) is 3. The minimum Gasteiger partial charge on any atom is -0.507 e. The molecule has 1 heterocycles. The van der Waals surface area contributed by atoms with Gasteiger partial charge in [0.25, 0.3) is 5.56 Å². The van der Waals surface area contributed by atoms with Gasteiger partial charge in [-0.2, -0.15) is 0 Å². The number of methoxy groups -OCH3 is 1. The number of hydrogen-bond donors (Lipinski definition) is 3. The molecule has 0 radical (unpaired) electrons. The number of aromatic hydroxyl groups is 1. The molecule has 0 spiro atoms. The first-order chi connectivity index (χ1) is 13.1. The van der Waals surface area contributed by atoms with E-state index in [4.69, 9.17) is 4.74 Å². The largest absolute Gasteiger partial charge is 0.507 e. The highest BCUT2D eigenvalue weighted by atomic mass is 16.5. The van der Waals surface area contributed by atoms with Crippen molar-refractivity contribution in [3.05, 3.63) is 70.5 Å². The van der Waals surface area contributed by atoms with E-state index in [2.05, 4.69) is 10.2 Å². The van der Waals surface area contributed by atoms with Crippen molar-refractivity contribution in [3.63, 3.8) is 0 Å². The Morgan fingerprint density at radius 1 is 1.00 bits per heavy atom. The van der Waals surface area contributed by atoms with Gasteiger partial charge < -0.3 is 9.84 Å². The van der Waals surface area contributed by atoms with Gasteiger partial charge in [-0.3, -0.25) is 15.0 Å². The fourth-order valence-corrected chi connectivity index (χ4v) is 3.54. The number of fused-ring (bicyclic) bond motifs is 1. The van der Waals surface area contributed by atoms with Crippen LogP contribution in [0.3, 0.4) is 0 Å². The molecule has 0 amide bonds.